The summed E-state index contributed by atoms with van der Waals surface area (Å²) in [5, 5.41) is 0. The first-order valence-electron chi connectivity index (χ1n) is 4.48. The van der Waals surface area contributed by atoms with Gasteiger partial charge in [-0.15, -0.1) is 4.05 Å². The lowest BCUT2D eigenvalue weighted by Crippen LogP contribution is -2.06. The van der Waals surface area contributed by atoms with E-state index in [-0.39, 0.29) is 18.2 Å². The Morgan fingerprint density at radius 1 is 1.36 bits per heavy atom. The van der Waals surface area contributed by atoms with Gasteiger partial charge in [0.05, 0.1) is 0 Å². The van der Waals surface area contributed by atoms with E-state index in [1.54, 1.807) is 0 Å². The van der Waals surface area contributed by atoms with Gasteiger partial charge in [-0.25, -0.2) is 0 Å². The molecule has 1 rings (SSSR count). The average molecular weight is 233 g/mol. The number of rotatable bonds is 3. The Bertz CT molecular complexity index is 71.7. The Morgan fingerprint density at radius 2 is 1.91 bits per heavy atom. The van der Waals surface area contributed by atoms with Crippen LogP contribution in [0.4, 0.5) is 0 Å². The normalized spacial score (nSPS) is 15.9. The maximum absolute atomic E-state index is 4.83. The molecule has 0 aliphatic heterocycles. The van der Waals surface area contributed by atoms with E-state index in [0.29, 0.717) is 0 Å². The number of ether oxygens (including phenoxy) is 1. The van der Waals surface area contributed by atoms with Crippen LogP contribution >= 0.6 is 12.9 Å². The van der Waals surface area contributed by atoms with E-state index in [9.17, 15) is 0 Å². The van der Waals surface area contributed by atoms with E-state index in [0.717, 1.165) is 13.2 Å². The van der Waals surface area contributed by atoms with Crippen molar-refractivity contribution in [1.29, 1.82) is 0 Å². The quantitative estimate of drug-likeness (QED) is 0.681. The second-order valence-electron chi connectivity index (χ2n) is 2.73. The number of hydrogen-bond donors (Lipinski definition) is 0. The maximum atomic E-state index is 4.83. The van der Waals surface area contributed by atoms with Gasteiger partial charge in [-0.3, -0.25) is 0 Å². The molecule has 0 unspecified atom stereocenters. The van der Waals surface area contributed by atoms with Crippen LogP contribution in [0.2, 0.25) is 4.05 Å². The van der Waals surface area contributed by atoms with Crippen molar-refractivity contribution in [2.75, 3.05) is 13.2 Å². The largest absolute Gasteiger partial charge is 0.471 e. The molecule has 64 valence electrons. The Hall–Kier alpha value is 1.21. The van der Waals surface area contributed by atoms with Gasteiger partial charge in [0, 0.05) is 13.2 Å². The van der Waals surface area contributed by atoms with Gasteiger partial charge in [-0.2, -0.15) is 0 Å². The van der Waals surface area contributed by atoms with Gasteiger partial charge in [0.25, 0.3) is 0 Å². The highest BCUT2D eigenvalue weighted by molar-refractivity contribution is 9.23. The van der Waals surface area contributed by atoms with E-state index >= 15 is 0 Å². The smallest absolute Gasteiger partial charge is 0.382 e. The molecule has 0 aromatic rings. The van der Waals surface area contributed by atoms with Gasteiger partial charge < -0.3 is 17.6 Å². The molecule has 0 radical (unpaired) electrons. The fourth-order valence-corrected chi connectivity index (χ4v) is 3.68. The van der Waals surface area contributed by atoms with Crippen molar-refractivity contribution in [3.63, 3.8) is 0 Å². The highest BCUT2D eigenvalue weighted by Gasteiger charge is 2.16. The molecule has 0 aromatic heterocycles. The predicted octanol–water partition coefficient (Wildman–Crippen LogP) is 3.02. The van der Waals surface area contributed by atoms with E-state index < -0.39 is 0 Å². The van der Waals surface area contributed by atoms with Crippen molar-refractivity contribution in [1.82, 2.24) is 0 Å². The van der Waals surface area contributed by atoms with Crippen molar-refractivity contribution in [3.8, 4) is 0 Å². The van der Waals surface area contributed by atoms with Gasteiger partial charge in [-0.05, 0) is 13.8 Å². The Labute approximate surface area is 85.9 Å². The van der Waals surface area contributed by atoms with Crippen LogP contribution in [0.5, 0.6) is 0 Å². The van der Waals surface area contributed by atoms with E-state index in [1.165, 1.54) is 23.3 Å². The summed E-state index contributed by atoms with van der Waals surface area (Å²) in [4.78, 5) is 0. The summed E-state index contributed by atoms with van der Waals surface area (Å²) in [6.45, 7) is 5.67. The Kier molecular flexibility index (Phi) is 10.3. The topological polar surface area (TPSA) is 9.23 Å². The van der Waals surface area contributed by atoms with Crippen LogP contribution < -0.4 is 0 Å². The Morgan fingerprint density at radius 3 is 1.91 bits per heavy atom. The minimum absolute atomic E-state index is 0.238. The van der Waals surface area contributed by atoms with E-state index in [1.807, 2.05) is 13.8 Å². The molecule has 0 heterocycles. The second-order valence-corrected chi connectivity index (χ2v) is 6.14. The summed E-state index contributed by atoms with van der Waals surface area (Å²) in [5.74, 6) is 0. The zero-order valence-electron chi connectivity index (χ0n) is 7.61. The zero-order valence-corrected chi connectivity index (χ0v) is 10.6. The molecule has 0 N–H and O–H groups in total. The summed E-state index contributed by atoms with van der Waals surface area (Å²) in [6, 6.07) is 0. The maximum Gasteiger partial charge on any atom is 0.471 e. The molecule has 11 heavy (non-hydrogen) atoms. The summed E-state index contributed by atoms with van der Waals surface area (Å²) in [5.41, 5.74) is 0. The molecule has 3 heteroatoms. The van der Waals surface area contributed by atoms with Crippen molar-refractivity contribution in [2.24, 2.45) is 0 Å². The van der Waals surface area contributed by atoms with Gasteiger partial charge >= 0.3 is 18.2 Å². The number of halogens is 1. The molecule has 0 atom stereocenters. The number of hydrogen-bond acceptors (Lipinski definition) is 1. The molecule has 0 saturated heterocycles. The zero-order chi connectivity index (χ0) is 8.53. The van der Waals surface area contributed by atoms with Crippen LogP contribution in [0.25, 0.3) is 0 Å². The van der Waals surface area contributed by atoms with Crippen LogP contribution in [0.1, 0.15) is 33.1 Å². The van der Waals surface area contributed by atoms with Gasteiger partial charge in [0.1, 0.15) is 0 Å². The predicted molar refractivity (Wildman–Crippen MR) is 54.4 cm³/mol. The third-order valence-corrected chi connectivity index (χ3v) is 5.85. The first-order chi connectivity index (χ1) is 5.35. The fourth-order valence-electron chi connectivity index (χ4n) is 0.851. The van der Waals surface area contributed by atoms with Crippen molar-refractivity contribution in [3.05, 3.63) is 0 Å². The SMILES string of the molecule is CCOCC.[Br][Mg][CH]1CCC1. The molecular weight excluding hydrogens is 216 g/mol. The first kappa shape index (κ1) is 12.2. The first-order valence-corrected chi connectivity index (χ1v) is 9.20. The molecule has 0 aromatic carbocycles. The summed E-state index contributed by atoms with van der Waals surface area (Å²) in [7, 11) is 0. The minimum atomic E-state index is 0.238. The van der Waals surface area contributed by atoms with Crippen LogP contribution in [-0.4, -0.2) is 31.4 Å². The molecule has 1 fully saturated rings. The second kappa shape index (κ2) is 9.30. The van der Waals surface area contributed by atoms with Crippen LogP contribution in [0, 0.1) is 0 Å². The van der Waals surface area contributed by atoms with Crippen molar-refractivity contribution in [2.45, 2.75) is 37.2 Å². The molecule has 0 amide bonds. The van der Waals surface area contributed by atoms with Crippen LogP contribution in [0.3, 0.4) is 0 Å². The average Bonchev–Trinajstić information content (AvgIpc) is 1.88. The van der Waals surface area contributed by atoms with Crippen LogP contribution in [0.15, 0.2) is 0 Å². The lowest BCUT2D eigenvalue weighted by atomic mass is 9.99. The lowest BCUT2D eigenvalue weighted by molar-refractivity contribution is 0.162. The molecule has 1 nitrogen and oxygen atoms in total. The standard InChI is InChI=1S/C4H10O.C4H7.BrH.Mg/c1-3-5-4-2;1-2-4-3-1;;/h3-4H2,1-2H3;1H,2-4H2;1H;/q;;;+1/p-1. The highest BCUT2D eigenvalue weighted by Crippen LogP contribution is 2.32. The summed E-state index contributed by atoms with van der Waals surface area (Å²) >= 11 is 3.80. The fraction of sp³-hybridized carbons (Fsp3) is 1.00. The van der Waals surface area contributed by atoms with Crippen molar-refractivity contribution < 1.29 is 4.74 Å². The monoisotopic (exact) mass is 232 g/mol. The summed E-state index contributed by atoms with van der Waals surface area (Å²) < 4.78 is 6.00. The highest BCUT2D eigenvalue weighted by atomic mass is 79.9. The lowest BCUT2D eigenvalue weighted by Gasteiger charge is -2.22. The molecule has 0 bridgehead atoms. The van der Waals surface area contributed by atoms with Crippen LogP contribution in [-0.2, 0) is 4.74 Å². The molecule has 0 spiro atoms. The molecule has 1 aliphatic carbocycles. The van der Waals surface area contributed by atoms with Gasteiger partial charge in [0.15, 0.2) is 0 Å². The van der Waals surface area contributed by atoms with Crippen molar-refractivity contribution >= 4 is 31.1 Å². The van der Waals surface area contributed by atoms with E-state index in [4.69, 9.17) is 4.74 Å². The van der Waals surface area contributed by atoms with E-state index in [2.05, 4.69) is 12.9 Å². The third-order valence-electron chi connectivity index (χ3n) is 1.85. The summed E-state index contributed by atoms with van der Waals surface area (Å²) in [6.07, 6.45) is 4.55. The molecule has 1 saturated carbocycles. The van der Waals surface area contributed by atoms with Gasteiger partial charge in [0.2, 0.25) is 0 Å². The third kappa shape index (κ3) is 7.56. The Balaban J connectivity index is 0.000000187. The molecular formula is C8H17BrMgO. The molecule has 1 aliphatic rings. The minimum Gasteiger partial charge on any atom is -0.382 e. The van der Waals surface area contributed by atoms with Gasteiger partial charge in [-0.1, -0.05) is 19.3 Å².